The second-order valence-electron chi connectivity index (χ2n) is 5.20. The summed E-state index contributed by atoms with van der Waals surface area (Å²) in [7, 11) is -1.62. The van der Waals surface area contributed by atoms with Crippen LogP contribution in [0.5, 0.6) is 0 Å². The van der Waals surface area contributed by atoms with Gasteiger partial charge in [-0.1, -0.05) is 41.4 Å². The second kappa shape index (κ2) is 7.44. The molecule has 0 spiro atoms. The third kappa shape index (κ3) is 4.44. The number of furan rings is 1. The molecule has 0 saturated heterocycles. The molecule has 22 heavy (non-hydrogen) atoms. The topological polar surface area (TPSA) is 50.5 Å². The van der Waals surface area contributed by atoms with Crippen LogP contribution in [0.1, 0.15) is 25.5 Å². The lowest BCUT2D eigenvalue weighted by molar-refractivity contribution is 0.410. The summed E-state index contributed by atoms with van der Waals surface area (Å²) in [5, 5.41) is 0. The normalized spacial score (nSPS) is 12.0. The van der Waals surface area contributed by atoms with E-state index in [1.807, 2.05) is 43.3 Å². The zero-order chi connectivity index (χ0) is 16.2. The Hall–Kier alpha value is -1.11. The summed E-state index contributed by atoms with van der Waals surface area (Å²) in [4.78, 5) is 0. The highest BCUT2D eigenvalue weighted by Gasteiger charge is 2.18. The molecule has 0 N–H and O–H groups in total. The Bertz CT molecular complexity index is 707. The Balaban J connectivity index is 2.07. The third-order valence-electron chi connectivity index (χ3n) is 3.40. The molecule has 2 rings (SSSR count). The van der Waals surface area contributed by atoms with Gasteiger partial charge >= 0.3 is 0 Å². The molecule has 2 aromatic rings. The van der Waals surface area contributed by atoms with E-state index in [0.29, 0.717) is 12.2 Å². The Morgan fingerprint density at radius 3 is 2.45 bits per heavy atom. The van der Waals surface area contributed by atoms with Gasteiger partial charge in [-0.15, -0.1) is 0 Å². The predicted molar refractivity (Wildman–Crippen MR) is 92.0 cm³/mol. The molecule has 1 heterocycles. The maximum absolute atomic E-state index is 12.1. The predicted octanol–water partition coefficient (Wildman–Crippen LogP) is 4.27. The maximum Gasteiger partial charge on any atom is 0.214 e. The monoisotopic (exact) mass is 385 g/mol. The molecule has 0 radical (unpaired) electrons. The average molecular weight is 386 g/mol. The number of rotatable bonds is 7. The van der Waals surface area contributed by atoms with Crippen molar-refractivity contribution < 1.29 is 12.8 Å². The molecular formula is C16H20BrNO3S. The quantitative estimate of drug-likeness (QED) is 0.714. The number of nitrogens with zero attached hydrogens (tertiary/aromatic N) is 1. The molecule has 0 amide bonds. The Labute approximate surface area is 140 Å². The highest BCUT2D eigenvalue weighted by Crippen LogP contribution is 2.24. The molecule has 0 unspecified atom stereocenters. The van der Waals surface area contributed by atoms with Crippen LogP contribution in [0.25, 0.3) is 11.3 Å². The number of hydrogen-bond acceptors (Lipinski definition) is 3. The van der Waals surface area contributed by atoms with Crippen molar-refractivity contribution in [2.24, 2.45) is 0 Å². The molecule has 120 valence electrons. The minimum atomic E-state index is -3.21. The van der Waals surface area contributed by atoms with E-state index in [0.717, 1.165) is 22.2 Å². The fourth-order valence-corrected chi connectivity index (χ4v) is 3.59. The van der Waals surface area contributed by atoms with Gasteiger partial charge in [0.05, 0.1) is 12.3 Å². The molecule has 4 nitrogen and oxygen atoms in total. The number of halogens is 1. The van der Waals surface area contributed by atoms with Gasteiger partial charge in [0.1, 0.15) is 11.5 Å². The first kappa shape index (κ1) is 17.2. The van der Waals surface area contributed by atoms with Crippen molar-refractivity contribution >= 4 is 26.0 Å². The van der Waals surface area contributed by atoms with Crippen LogP contribution < -0.4 is 0 Å². The Kier molecular flexibility index (Phi) is 5.83. The van der Waals surface area contributed by atoms with Crippen LogP contribution in [0.15, 0.2) is 45.3 Å². The molecule has 1 aromatic heterocycles. The van der Waals surface area contributed by atoms with Gasteiger partial charge in [0.15, 0.2) is 0 Å². The first-order valence-electron chi connectivity index (χ1n) is 7.21. The average Bonchev–Trinajstić information content (AvgIpc) is 2.94. The van der Waals surface area contributed by atoms with Gasteiger partial charge in [-0.2, -0.15) is 4.31 Å². The first-order valence-corrected chi connectivity index (χ1v) is 9.61. The van der Waals surface area contributed by atoms with Crippen LogP contribution in [-0.4, -0.2) is 25.5 Å². The van der Waals surface area contributed by atoms with Crippen LogP contribution in [-0.2, 0) is 16.6 Å². The summed E-state index contributed by atoms with van der Waals surface area (Å²) in [5.74, 6) is 1.56. The van der Waals surface area contributed by atoms with E-state index in [1.165, 1.54) is 4.31 Å². The van der Waals surface area contributed by atoms with E-state index in [2.05, 4.69) is 15.9 Å². The summed E-state index contributed by atoms with van der Waals surface area (Å²) in [5.41, 5.74) is 0.964. The van der Waals surface area contributed by atoms with Gasteiger partial charge in [-0.3, -0.25) is 0 Å². The summed E-state index contributed by atoms with van der Waals surface area (Å²) in [6.45, 7) is 2.23. The van der Waals surface area contributed by atoms with Crippen molar-refractivity contribution in [1.82, 2.24) is 4.31 Å². The van der Waals surface area contributed by atoms with E-state index >= 15 is 0 Å². The van der Waals surface area contributed by atoms with Crippen molar-refractivity contribution in [1.29, 1.82) is 0 Å². The standard InChI is InChI=1S/C16H20BrNO3S/c1-3-4-11-22(19,20)18(2)12-15-9-10-16(21-15)13-5-7-14(17)8-6-13/h5-10H,3-4,11-12H2,1-2H3. The molecule has 1 aromatic carbocycles. The van der Waals surface area contributed by atoms with Gasteiger partial charge in [-0.05, 0) is 30.7 Å². The minimum absolute atomic E-state index is 0.181. The van der Waals surface area contributed by atoms with Crippen LogP contribution >= 0.6 is 15.9 Å². The van der Waals surface area contributed by atoms with Crippen molar-refractivity contribution in [2.45, 2.75) is 26.3 Å². The molecule has 0 aliphatic heterocycles. The van der Waals surface area contributed by atoms with Crippen molar-refractivity contribution in [2.75, 3.05) is 12.8 Å². The first-order chi connectivity index (χ1) is 10.4. The lowest BCUT2D eigenvalue weighted by Crippen LogP contribution is -2.28. The van der Waals surface area contributed by atoms with E-state index in [9.17, 15) is 8.42 Å². The van der Waals surface area contributed by atoms with Crippen LogP contribution in [0.3, 0.4) is 0 Å². The van der Waals surface area contributed by atoms with Crippen LogP contribution in [0, 0.1) is 0 Å². The van der Waals surface area contributed by atoms with E-state index < -0.39 is 10.0 Å². The van der Waals surface area contributed by atoms with E-state index in [1.54, 1.807) is 7.05 Å². The van der Waals surface area contributed by atoms with Crippen molar-refractivity contribution in [3.8, 4) is 11.3 Å². The van der Waals surface area contributed by atoms with Crippen molar-refractivity contribution in [3.05, 3.63) is 46.6 Å². The summed E-state index contributed by atoms with van der Waals surface area (Å²) >= 11 is 3.39. The highest BCUT2D eigenvalue weighted by molar-refractivity contribution is 9.10. The SMILES string of the molecule is CCCCS(=O)(=O)N(C)Cc1ccc(-c2ccc(Br)cc2)o1. The minimum Gasteiger partial charge on any atom is -0.460 e. The van der Waals surface area contributed by atoms with E-state index in [-0.39, 0.29) is 12.3 Å². The maximum atomic E-state index is 12.1. The number of sulfonamides is 1. The molecule has 0 saturated carbocycles. The smallest absolute Gasteiger partial charge is 0.214 e. The van der Waals surface area contributed by atoms with Gasteiger partial charge in [0.25, 0.3) is 0 Å². The Morgan fingerprint density at radius 2 is 1.82 bits per heavy atom. The molecular weight excluding hydrogens is 366 g/mol. The lowest BCUT2D eigenvalue weighted by atomic mass is 10.2. The zero-order valence-electron chi connectivity index (χ0n) is 12.8. The molecule has 6 heteroatoms. The zero-order valence-corrected chi connectivity index (χ0v) is 15.2. The van der Waals surface area contributed by atoms with Gasteiger partial charge < -0.3 is 4.42 Å². The molecule has 0 aliphatic rings. The van der Waals surface area contributed by atoms with E-state index in [4.69, 9.17) is 4.42 Å². The number of benzene rings is 1. The van der Waals surface area contributed by atoms with Gasteiger partial charge in [0.2, 0.25) is 10.0 Å². The number of unbranched alkanes of at least 4 members (excludes halogenated alkanes) is 1. The lowest BCUT2D eigenvalue weighted by Gasteiger charge is -2.15. The summed E-state index contributed by atoms with van der Waals surface area (Å²) in [6, 6.07) is 11.5. The molecule has 0 aliphatic carbocycles. The highest BCUT2D eigenvalue weighted by atomic mass is 79.9. The molecule has 0 atom stereocenters. The van der Waals surface area contributed by atoms with Crippen LogP contribution in [0.2, 0.25) is 0 Å². The third-order valence-corrected chi connectivity index (χ3v) is 5.81. The second-order valence-corrected chi connectivity index (χ2v) is 8.31. The molecule has 0 fully saturated rings. The largest absolute Gasteiger partial charge is 0.460 e. The fraction of sp³-hybridized carbons (Fsp3) is 0.375. The summed E-state index contributed by atoms with van der Waals surface area (Å²) < 4.78 is 32.3. The fourth-order valence-electron chi connectivity index (χ4n) is 2.03. The van der Waals surface area contributed by atoms with Crippen LogP contribution in [0.4, 0.5) is 0 Å². The molecule has 0 bridgehead atoms. The number of hydrogen-bond donors (Lipinski definition) is 0. The summed E-state index contributed by atoms with van der Waals surface area (Å²) in [6.07, 6.45) is 1.54. The van der Waals surface area contributed by atoms with Gasteiger partial charge in [-0.25, -0.2) is 8.42 Å². The van der Waals surface area contributed by atoms with Gasteiger partial charge in [0, 0.05) is 17.1 Å². The van der Waals surface area contributed by atoms with Crippen molar-refractivity contribution in [3.63, 3.8) is 0 Å². The Morgan fingerprint density at radius 1 is 1.14 bits per heavy atom.